The Labute approximate surface area is 132 Å². The summed E-state index contributed by atoms with van der Waals surface area (Å²) in [5.41, 5.74) is 6.50. The summed E-state index contributed by atoms with van der Waals surface area (Å²) in [7, 11) is 4.04. The van der Waals surface area contributed by atoms with Gasteiger partial charge in [0, 0.05) is 31.8 Å². The van der Waals surface area contributed by atoms with Crippen LogP contribution < -0.4 is 15.8 Å². The normalized spacial score (nSPS) is 11.1. The Morgan fingerprint density at radius 1 is 1.45 bits per heavy atom. The Kier molecular flexibility index (Phi) is 8.86. The van der Waals surface area contributed by atoms with Gasteiger partial charge in [0.1, 0.15) is 6.61 Å². The lowest BCUT2D eigenvalue weighted by atomic mass is 10.2. The van der Waals surface area contributed by atoms with Crippen LogP contribution in [0.3, 0.4) is 0 Å². The van der Waals surface area contributed by atoms with Gasteiger partial charge < -0.3 is 20.7 Å². The summed E-state index contributed by atoms with van der Waals surface area (Å²) >= 11 is 0. The summed E-state index contributed by atoms with van der Waals surface area (Å²) in [5, 5.41) is 2.79. The Morgan fingerprint density at radius 2 is 2.27 bits per heavy atom. The molecule has 3 N–H and O–H groups in total. The lowest BCUT2D eigenvalue weighted by molar-refractivity contribution is -0.120. The average molecular weight is 306 g/mol. The lowest BCUT2D eigenvalue weighted by Gasteiger charge is -2.10. The van der Waals surface area contributed by atoms with Gasteiger partial charge in [0.25, 0.3) is 0 Å². The third kappa shape index (κ3) is 8.39. The van der Waals surface area contributed by atoms with E-state index in [4.69, 9.17) is 10.5 Å². The van der Waals surface area contributed by atoms with Crippen molar-refractivity contribution >= 4 is 5.91 Å². The second-order valence-corrected chi connectivity index (χ2v) is 5.22. The van der Waals surface area contributed by atoms with Crippen LogP contribution in [-0.4, -0.2) is 49.6 Å². The first kappa shape index (κ1) is 18.1. The molecule has 1 heterocycles. The number of nitrogens with two attached hydrogens (primary N) is 1. The summed E-state index contributed by atoms with van der Waals surface area (Å²) in [6, 6.07) is 3.90. The zero-order chi connectivity index (χ0) is 16.2. The number of nitrogens with zero attached hydrogens (tertiary/aromatic N) is 2. The smallest absolute Gasteiger partial charge is 0.220 e. The quantitative estimate of drug-likeness (QED) is 0.629. The zero-order valence-corrected chi connectivity index (χ0v) is 13.4. The van der Waals surface area contributed by atoms with Crippen molar-refractivity contribution in [3.63, 3.8) is 0 Å². The number of hydrogen-bond donors (Lipinski definition) is 2. The first-order valence-electron chi connectivity index (χ1n) is 7.46. The molecule has 1 aromatic heterocycles. The first-order valence-corrected chi connectivity index (χ1v) is 7.46. The maximum absolute atomic E-state index is 11.3. The molecule has 6 nitrogen and oxygen atoms in total. The molecule has 0 saturated carbocycles. The molecule has 1 amide bonds. The van der Waals surface area contributed by atoms with E-state index in [1.54, 1.807) is 6.20 Å². The fraction of sp³-hybridized carbons (Fsp3) is 0.500. The fourth-order valence-electron chi connectivity index (χ4n) is 1.80. The van der Waals surface area contributed by atoms with Crippen LogP contribution in [-0.2, 0) is 11.3 Å². The van der Waals surface area contributed by atoms with Crippen molar-refractivity contribution in [2.75, 3.05) is 33.8 Å². The predicted octanol–water partition coefficient (Wildman–Crippen LogP) is 0.933. The summed E-state index contributed by atoms with van der Waals surface area (Å²) < 4.78 is 5.55. The minimum absolute atomic E-state index is 0.0223. The van der Waals surface area contributed by atoms with Gasteiger partial charge in [0.2, 0.25) is 11.8 Å². The third-order valence-electron chi connectivity index (χ3n) is 2.82. The number of ether oxygens (including phenoxy) is 1. The summed E-state index contributed by atoms with van der Waals surface area (Å²) in [4.78, 5) is 17.6. The maximum Gasteiger partial charge on any atom is 0.220 e. The van der Waals surface area contributed by atoms with Crippen molar-refractivity contribution in [3.05, 3.63) is 36.0 Å². The molecular weight excluding hydrogens is 280 g/mol. The van der Waals surface area contributed by atoms with Crippen molar-refractivity contribution in [2.24, 2.45) is 5.73 Å². The van der Waals surface area contributed by atoms with E-state index in [2.05, 4.69) is 15.2 Å². The van der Waals surface area contributed by atoms with Crippen LogP contribution in [0.15, 0.2) is 30.5 Å². The highest BCUT2D eigenvalue weighted by Crippen LogP contribution is 2.10. The maximum atomic E-state index is 11.3. The van der Waals surface area contributed by atoms with Gasteiger partial charge in [-0.1, -0.05) is 6.08 Å². The number of pyridine rings is 1. The predicted molar refractivity (Wildman–Crippen MR) is 87.6 cm³/mol. The van der Waals surface area contributed by atoms with Crippen LogP contribution in [0.5, 0.6) is 5.88 Å². The number of aromatic nitrogens is 1. The third-order valence-corrected chi connectivity index (χ3v) is 2.82. The fourth-order valence-corrected chi connectivity index (χ4v) is 1.80. The Bertz CT molecular complexity index is 475. The van der Waals surface area contributed by atoms with E-state index in [0.717, 1.165) is 12.1 Å². The zero-order valence-electron chi connectivity index (χ0n) is 13.4. The molecule has 0 bridgehead atoms. The van der Waals surface area contributed by atoms with Gasteiger partial charge in [-0.2, -0.15) is 0 Å². The minimum atomic E-state index is 0.0223. The van der Waals surface area contributed by atoms with Crippen LogP contribution >= 0.6 is 0 Å². The van der Waals surface area contributed by atoms with Gasteiger partial charge >= 0.3 is 0 Å². The Balaban J connectivity index is 2.23. The molecule has 1 rings (SSSR count). The Hall–Kier alpha value is -1.92. The number of hydrogen-bond acceptors (Lipinski definition) is 5. The molecule has 0 fully saturated rings. The van der Waals surface area contributed by atoms with Crippen LogP contribution in [0.2, 0.25) is 0 Å². The molecule has 0 spiro atoms. The highest BCUT2D eigenvalue weighted by Gasteiger charge is 1.99. The van der Waals surface area contributed by atoms with Crippen molar-refractivity contribution < 1.29 is 9.53 Å². The van der Waals surface area contributed by atoms with Gasteiger partial charge in [-0.25, -0.2) is 4.98 Å². The van der Waals surface area contributed by atoms with E-state index in [1.807, 2.05) is 38.4 Å². The van der Waals surface area contributed by atoms with Gasteiger partial charge in [-0.05, 0) is 44.8 Å². The van der Waals surface area contributed by atoms with E-state index >= 15 is 0 Å². The molecule has 22 heavy (non-hydrogen) atoms. The first-order chi connectivity index (χ1) is 10.6. The standard InChI is InChI=1S/C16H26N4O2/c1-20(2)13-14-7-10-19-16(12-14)22-11-4-3-9-18-15(21)6-5-8-17/h3-4,7,10,12H,5-6,8-9,11,13,17H2,1-2H3,(H,18,21)/b4-3-. The highest BCUT2D eigenvalue weighted by atomic mass is 16.5. The van der Waals surface area contributed by atoms with E-state index in [0.29, 0.717) is 38.4 Å². The molecule has 0 radical (unpaired) electrons. The summed E-state index contributed by atoms with van der Waals surface area (Å²) in [6.07, 6.45) is 6.67. The Morgan fingerprint density at radius 3 is 3.00 bits per heavy atom. The molecule has 0 aromatic carbocycles. The summed E-state index contributed by atoms with van der Waals surface area (Å²) in [5.74, 6) is 0.630. The van der Waals surface area contributed by atoms with Gasteiger partial charge in [0.05, 0.1) is 0 Å². The van der Waals surface area contributed by atoms with E-state index in [1.165, 1.54) is 0 Å². The van der Waals surface area contributed by atoms with Crippen LogP contribution in [0.25, 0.3) is 0 Å². The monoisotopic (exact) mass is 306 g/mol. The number of carbonyl (C=O) groups excluding carboxylic acids is 1. The average Bonchev–Trinajstić information content (AvgIpc) is 2.48. The van der Waals surface area contributed by atoms with Crippen molar-refractivity contribution in [3.8, 4) is 5.88 Å². The molecule has 0 saturated heterocycles. The van der Waals surface area contributed by atoms with E-state index in [-0.39, 0.29) is 5.91 Å². The molecule has 122 valence electrons. The number of rotatable bonds is 10. The molecule has 1 aromatic rings. The van der Waals surface area contributed by atoms with Crippen molar-refractivity contribution in [1.82, 2.24) is 15.2 Å². The largest absolute Gasteiger partial charge is 0.473 e. The van der Waals surface area contributed by atoms with Crippen LogP contribution in [0.4, 0.5) is 0 Å². The number of carbonyl (C=O) groups is 1. The van der Waals surface area contributed by atoms with E-state index < -0.39 is 0 Å². The van der Waals surface area contributed by atoms with E-state index in [9.17, 15) is 4.79 Å². The summed E-state index contributed by atoms with van der Waals surface area (Å²) in [6.45, 7) is 2.32. The van der Waals surface area contributed by atoms with Gasteiger partial charge in [0.15, 0.2) is 0 Å². The molecule has 0 aliphatic rings. The van der Waals surface area contributed by atoms with Gasteiger partial charge in [-0.15, -0.1) is 0 Å². The molecular formula is C16H26N4O2. The van der Waals surface area contributed by atoms with Crippen molar-refractivity contribution in [1.29, 1.82) is 0 Å². The second-order valence-electron chi connectivity index (χ2n) is 5.22. The molecule has 0 atom stereocenters. The highest BCUT2D eigenvalue weighted by molar-refractivity contribution is 5.75. The molecule has 0 unspecified atom stereocenters. The second kappa shape index (κ2) is 10.8. The molecule has 0 aliphatic carbocycles. The minimum Gasteiger partial charge on any atom is -0.473 e. The SMILES string of the molecule is CN(C)Cc1ccnc(OC/C=C\CNC(=O)CCCN)c1. The number of amides is 1. The van der Waals surface area contributed by atoms with Crippen molar-refractivity contribution in [2.45, 2.75) is 19.4 Å². The van der Waals surface area contributed by atoms with Crippen LogP contribution in [0, 0.1) is 0 Å². The van der Waals surface area contributed by atoms with Crippen LogP contribution in [0.1, 0.15) is 18.4 Å². The van der Waals surface area contributed by atoms with Gasteiger partial charge in [-0.3, -0.25) is 4.79 Å². The lowest BCUT2D eigenvalue weighted by Crippen LogP contribution is -2.23. The number of nitrogens with one attached hydrogen (secondary N) is 1. The molecule has 0 aliphatic heterocycles. The molecule has 6 heteroatoms. The topological polar surface area (TPSA) is 80.5 Å².